The SMILES string of the molecule is Cc1cc(CCC(=O)NC2C3CC4CC(C3)CC2C4)cc2cn[nH]c12. The van der Waals surface area contributed by atoms with E-state index in [0.29, 0.717) is 12.5 Å². The van der Waals surface area contributed by atoms with Crippen LogP contribution in [0.4, 0.5) is 0 Å². The first kappa shape index (κ1) is 15.4. The predicted octanol–water partition coefficient (Wildman–Crippen LogP) is 3.74. The molecule has 1 aromatic heterocycles. The molecule has 4 nitrogen and oxygen atoms in total. The zero-order valence-corrected chi connectivity index (χ0v) is 14.9. The quantitative estimate of drug-likeness (QED) is 0.893. The zero-order valence-electron chi connectivity index (χ0n) is 14.9. The summed E-state index contributed by atoms with van der Waals surface area (Å²) < 4.78 is 0. The van der Waals surface area contributed by atoms with Crippen molar-refractivity contribution in [1.29, 1.82) is 0 Å². The van der Waals surface area contributed by atoms with Crippen molar-refractivity contribution >= 4 is 16.8 Å². The normalized spacial score (nSPS) is 33.1. The fourth-order valence-corrected chi connectivity index (χ4v) is 6.13. The molecular weight excluding hydrogens is 310 g/mol. The number of carbonyl (C=O) groups is 1. The number of hydrogen-bond acceptors (Lipinski definition) is 2. The van der Waals surface area contributed by atoms with E-state index in [9.17, 15) is 4.79 Å². The van der Waals surface area contributed by atoms with Gasteiger partial charge in [-0.05, 0) is 86.3 Å². The molecule has 4 bridgehead atoms. The molecule has 4 saturated carbocycles. The number of nitrogens with zero attached hydrogens (tertiary/aromatic N) is 1. The van der Waals surface area contributed by atoms with Gasteiger partial charge in [0, 0.05) is 17.8 Å². The summed E-state index contributed by atoms with van der Waals surface area (Å²) in [6.45, 7) is 2.10. The monoisotopic (exact) mass is 337 g/mol. The second-order valence-corrected chi connectivity index (χ2v) is 8.77. The summed E-state index contributed by atoms with van der Waals surface area (Å²) in [5.74, 6) is 3.66. The van der Waals surface area contributed by atoms with Crippen molar-refractivity contribution < 1.29 is 4.79 Å². The minimum atomic E-state index is 0.238. The van der Waals surface area contributed by atoms with Crippen LogP contribution in [-0.2, 0) is 11.2 Å². The van der Waals surface area contributed by atoms with E-state index in [4.69, 9.17) is 0 Å². The Hall–Kier alpha value is -1.84. The molecule has 2 N–H and O–H groups in total. The lowest BCUT2D eigenvalue weighted by molar-refractivity contribution is -0.125. The number of H-pyrrole nitrogens is 1. The van der Waals surface area contributed by atoms with E-state index in [1.54, 1.807) is 0 Å². The molecule has 0 radical (unpaired) electrons. The summed E-state index contributed by atoms with van der Waals surface area (Å²) in [6.07, 6.45) is 10.1. The van der Waals surface area contributed by atoms with E-state index in [2.05, 4.69) is 34.6 Å². The Bertz CT molecular complexity index is 781. The van der Waals surface area contributed by atoms with Gasteiger partial charge in [0.15, 0.2) is 0 Å². The molecule has 0 aliphatic heterocycles. The Kier molecular flexibility index (Phi) is 3.61. The van der Waals surface area contributed by atoms with E-state index in [1.165, 1.54) is 43.2 Å². The first-order chi connectivity index (χ1) is 12.2. The molecule has 4 aliphatic carbocycles. The molecule has 0 atom stereocenters. The van der Waals surface area contributed by atoms with Crippen LogP contribution in [0.1, 0.15) is 49.7 Å². The minimum Gasteiger partial charge on any atom is -0.353 e. The van der Waals surface area contributed by atoms with Crippen LogP contribution in [0, 0.1) is 30.6 Å². The molecule has 4 heteroatoms. The van der Waals surface area contributed by atoms with Crippen molar-refractivity contribution in [3.8, 4) is 0 Å². The fraction of sp³-hybridized carbons (Fsp3) is 0.619. The molecule has 132 valence electrons. The van der Waals surface area contributed by atoms with Gasteiger partial charge in [-0.25, -0.2) is 0 Å². The molecule has 1 amide bonds. The van der Waals surface area contributed by atoms with Crippen LogP contribution in [0.3, 0.4) is 0 Å². The Morgan fingerprint density at radius 1 is 1.16 bits per heavy atom. The summed E-state index contributed by atoms with van der Waals surface area (Å²) in [6, 6.07) is 4.79. The van der Waals surface area contributed by atoms with E-state index >= 15 is 0 Å². The number of fused-ring (bicyclic) bond motifs is 1. The van der Waals surface area contributed by atoms with Crippen LogP contribution in [0.25, 0.3) is 10.9 Å². The summed E-state index contributed by atoms with van der Waals surface area (Å²) in [5, 5.41) is 11.7. The lowest BCUT2D eigenvalue weighted by atomic mass is 9.54. The number of carbonyl (C=O) groups excluding carboxylic acids is 1. The van der Waals surface area contributed by atoms with Gasteiger partial charge in [0.1, 0.15) is 0 Å². The molecule has 1 heterocycles. The average Bonchev–Trinajstić information content (AvgIpc) is 3.05. The van der Waals surface area contributed by atoms with Crippen LogP contribution in [0.2, 0.25) is 0 Å². The van der Waals surface area contributed by atoms with Crippen molar-refractivity contribution in [2.75, 3.05) is 0 Å². The van der Waals surface area contributed by atoms with Gasteiger partial charge in [-0.3, -0.25) is 9.89 Å². The molecule has 25 heavy (non-hydrogen) atoms. The smallest absolute Gasteiger partial charge is 0.220 e. The maximum absolute atomic E-state index is 12.6. The molecule has 6 rings (SSSR count). The number of aromatic nitrogens is 2. The van der Waals surface area contributed by atoms with Crippen molar-refractivity contribution in [3.63, 3.8) is 0 Å². The molecule has 0 unspecified atom stereocenters. The molecule has 1 aromatic carbocycles. The average molecular weight is 337 g/mol. The third-order valence-electron chi connectivity index (χ3n) is 7.00. The number of rotatable bonds is 4. The maximum atomic E-state index is 12.6. The van der Waals surface area contributed by atoms with Crippen LogP contribution < -0.4 is 5.32 Å². The second kappa shape index (κ2) is 5.86. The highest BCUT2D eigenvalue weighted by Crippen LogP contribution is 2.53. The summed E-state index contributed by atoms with van der Waals surface area (Å²) in [5.41, 5.74) is 3.53. The van der Waals surface area contributed by atoms with Crippen molar-refractivity contribution in [2.45, 2.75) is 57.9 Å². The van der Waals surface area contributed by atoms with Crippen molar-refractivity contribution in [1.82, 2.24) is 15.5 Å². The highest BCUT2D eigenvalue weighted by Gasteiger charge is 2.48. The summed E-state index contributed by atoms with van der Waals surface area (Å²) in [4.78, 5) is 12.6. The number of aromatic amines is 1. The number of hydrogen-bond donors (Lipinski definition) is 2. The molecule has 0 spiro atoms. The molecule has 2 aromatic rings. The number of nitrogens with one attached hydrogen (secondary N) is 2. The maximum Gasteiger partial charge on any atom is 0.220 e. The van der Waals surface area contributed by atoms with E-state index < -0.39 is 0 Å². The van der Waals surface area contributed by atoms with Gasteiger partial charge in [0.2, 0.25) is 5.91 Å². The highest BCUT2D eigenvalue weighted by atomic mass is 16.1. The lowest BCUT2D eigenvalue weighted by Gasteiger charge is -2.54. The number of amides is 1. The van der Waals surface area contributed by atoms with Gasteiger partial charge in [-0.1, -0.05) is 6.07 Å². The Labute approximate surface area is 148 Å². The highest BCUT2D eigenvalue weighted by molar-refractivity contribution is 5.82. The standard InChI is InChI=1S/C21H27N3O/c1-12-4-13(6-18-11-22-24-20(12)18)2-3-19(25)23-21-16-7-14-5-15(9-16)10-17(21)8-14/h4,6,11,14-17,21H,2-3,5,7-10H2,1H3,(H,22,24)(H,23,25). The van der Waals surface area contributed by atoms with E-state index in [-0.39, 0.29) is 5.91 Å². The lowest BCUT2D eigenvalue weighted by Crippen LogP contribution is -2.55. The van der Waals surface area contributed by atoms with Gasteiger partial charge in [-0.2, -0.15) is 5.10 Å². The number of benzene rings is 1. The topological polar surface area (TPSA) is 57.8 Å². The van der Waals surface area contributed by atoms with Crippen LogP contribution in [0.15, 0.2) is 18.3 Å². The van der Waals surface area contributed by atoms with Crippen molar-refractivity contribution in [2.24, 2.45) is 23.7 Å². The van der Waals surface area contributed by atoms with Gasteiger partial charge >= 0.3 is 0 Å². The third-order valence-corrected chi connectivity index (χ3v) is 7.00. The van der Waals surface area contributed by atoms with Gasteiger partial charge < -0.3 is 5.32 Å². The fourth-order valence-electron chi connectivity index (χ4n) is 6.13. The van der Waals surface area contributed by atoms with Crippen LogP contribution >= 0.6 is 0 Å². The molecular formula is C21H27N3O. The molecule has 4 fully saturated rings. The minimum absolute atomic E-state index is 0.238. The van der Waals surface area contributed by atoms with Gasteiger partial charge in [0.25, 0.3) is 0 Å². The van der Waals surface area contributed by atoms with Crippen LogP contribution in [0.5, 0.6) is 0 Å². The van der Waals surface area contributed by atoms with Crippen LogP contribution in [-0.4, -0.2) is 22.1 Å². The Morgan fingerprint density at radius 3 is 2.60 bits per heavy atom. The van der Waals surface area contributed by atoms with E-state index in [0.717, 1.165) is 41.0 Å². The Morgan fingerprint density at radius 2 is 1.88 bits per heavy atom. The molecule has 0 saturated heterocycles. The van der Waals surface area contributed by atoms with Gasteiger partial charge in [0.05, 0.1) is 11.7 Å². The van der Waals surface area contributed by atoms with Gasteiger partial charge in [-0.15, -0.1) is 0 Å². The molecule has 4 aliphatic rings. The zero-order chi connectivity index (χ0) is 17.0. The largest absolute Gasteiger partial charge is 0.353 e. The number of aryl methyl sites for hydroxylation is 2. The first-order valence-electron chi connectivity index (χ1n) is 9.87. The van der Waals surface area contributed by atoms with E-state index in [1.807, 2.05) is 6.20 Å². The first-order valence-corrected chi connectivity index (χ1v) is 9.87. The summed E-state index contributed by atoms with van der Waals surface area (Å²) in [7, 11) is 0. The Balaban J connectivity index is 1.22. The second-order valence-electron chi connectivity index (χ2n) is 8.77. The van der Waals surface area contributed by atoms with Crippen molar-refractivity contribution in [3.05, 3.63) is 29.5 Å². The third kappa shape index (κ3) is 2.76. The predicted molar refractivity (Wildman–Crippen MR) is 98.1 cm³/mol. The summed E-state index contributed by atoms with van der Waals surface area (Å²) >= 11 is 0.